The van der Waals surface area contributed by atoms with Crippen LogP contribution in [0, 0.1) is 5.82 Å². The minimum atomic E-state index is -4.53. The van der Waals surface area contributed by atoms with Gasteiger partial charge >= 0.3 is 6.18 Å². The Labute approximate surface area is 201 Å². The van der Waals surface area contributed by atoms with Crippen LogP contribution in [-0.2, 0) is 17.9 Å². The standard InChI is InChI=1S/C23H28F4N4O3Si/c1-28-22(32)21-16-12-29-18(10-19(16)31(30-21)13-34-6-7-35(3,4)5)15-9-17(24)20(33-2)8-14(15)11-23(25,26)27/h8-10,12H,6-7,11,13H2,1-5H3,(H,28,32). The monoisotopic (exact) mass is 512 g/mol. The third-order valence-corrected chi connectivity index (χ3v) is 7.04. The van der Waals surface area contributed by atoms with Crippen molar-refractivity contribution in [3.8, 4) is 17.0 Å². The highest BCUT2D eigenvalue weighted by molar-refractivity contribution is 6.76. The number of benzene rings is 1. The molecule has 1 N–H and O–H groups in total. The lowest BCUT2D eigenvalue weighted by atomic mass is 9.99. The van der Waals surface area contributed by atoms with Gasteiger partial charge in [-0.2, -0.15) is 18.3 Å². The van der Waals surface area contributed by atoms with E-state index in [1.54, 1.807) is 0 Å². The molecule has 3 aromatic rings. The van der Waals surface area contributed by atoms with Crippen molar-refractivity contribution >= 4 is 24.9 Å². The molecule has 1 aromatic carbocycles. The second-order valence-corrected chi connectivity index (χ2v) is 14.9. The molecule has 12 heteroatoms. The van der Waals surface area contributed by atoms with Crippen LogP contribution in [0.15, 0.2) is 24.4 Å². The van der Waals surface area contributed by atoms with Gasteiger partial charge in [-0.05, 0) is 29.8 Å². The number of ether oxygens (including phenoxy) is 2. The molecule has 3 rings (SSSR count). The number of alkyl halides is 3. The number of rotatable bonds is 9. The Bertz CT molecular complexity index is 1220. The van der Waals surface area contributed by atoms with E-state index < -0.39 is 32.4 Å². The molecule has 0 radical (unpaired) electrons. The first kappa shape index (κ1) is 26.6. The van der Waals surface area contributed by atoms with E-state index in [0.29, 0.717) is 17.5 Å². The Morgan fingerprint density at radius 2 is 1.91 bits per heavy atom. The van der Waals surface area contributed by atoms with Crippen molar-refractivity contribution in [2.75, 3.05) is 20.8 Å². The first-order chi connectivity index (χ1) is 16.3. The normalized spacial score (nSPS) is 12.3. The van der Waals surface area contributed by atoms with E-state index in [1.807, 2.05) is 0 Å². The Hall–Kier alpha value is -2.99. The Balaban J connectivity index is 2.09. The van der Waals surface area contributed by atoms with Gasteiger partial charge in [-0.3, -0.25) is 9.78 Å². The highest BCUT2D eigenvalue weighted by atomic mass is 28.3. The minimum absolute atomic E-state index is 0.0311. The zero-order chi connectivity index (χ0) is 26.0. The maximum atomic E-state index is 14.5. The molecule has 0 aliphatic rings. The summed E-state index contributed by atoms with van der Waals surface area (Å²) in [6.07, 6.45) is -4.47. The van der Waals surface area contributed by atoms with Crippen molar-refractivity contribution in [1.82, 2.24) is 20.1 Å². The quantitative estimate of drug-likeness (QED) is 0.247. The van der Waals surface area contributed by atoms with Gasteiger partial charge in [0.2, 0.25) is 0 Å². The lowest BCUT2D eigenvalue weighted by molar-refractivity contribution is -0.127. The molecule has 2 aromatic heterocycles. The van der Waals surface area contributed by atoms with Crippen molar-refractivity contribution in [3.63, 3.8) is 0 Å². The van der Waals surface area contributed by atoms with Crippen LogP contribution in [0.1, 0.15) is 16.1 Å². The maximum Gasteiger partial charge on any atom is 0.393 e. The number of amides is 1. The second-order valence-electron chi connectivity index (χ2n) is 9.30. The predicted octanol–water partition coefficient (Wildman–Crippen LogP) is 5.02. The van der Waals surface area contributed by atoms with Crippen LogP contribution in [0.25, 0.3) is 22.2 Å². The molecule has 1 amide bonds. The number of hydrogen-bond donors (Lipinski definition) is 1. The van der Waals surface area contributed by atoms with E-state index in [0.717, 1.165) is 18.2 Å². The van der Waals surface area contributed by atoms with Gasteiger partial charge in [-0.1, -0.05) is 19.6 Å². The molecule has 35 heavy (non-hydrogen) atoms. The number of nitrogens with zero attached hydrogens (tertiary/aromatic N) is 3. The largest absolute Gasteiger partial charge is 0.494 e. The van der Waals surface area contributed by atoms with Crippen LogP contribution < -0.4 is 10.1 Å². The number of hydrogen-bond acceptors (Lipinski definition) is 5. The van der Waals surface area contributed by atoms with E-state index in [-0.39, 0.29) is 35.0 Å². The molecule has 2 heterocycles. The van der Waals surface area contributed by atoms with Gasteiger partial charge in [0.1, 0.15) is 6.73 Å². The van der Waals surface area contributed by atoms with Gasteiger partial charge in [-0.25, -0.2) is 9.07 Å². The lowest BCUT2D eigenvalue weighted by Gasteiger charge is -2.15. The molecule has 0 unspecified atom stereocenters. The first-order valence-corrected chi connectivity index (χ1v) is 14.6. The molecule has 0 spiro atoms. The SMILES string of the molecule is CNC(=O)c1nn(COCC[Si](C)(C)C)c2cc(-c3cc(F)c(OC)cc3CC(F)(F)F)ncc12. The summed E-state index contributed by atoms with van der Waals surface area (Å²) in [6.45, 7) is 7.19. The molecule has 7 nitrogen and oxygen atoms in total. The average molecular weight is 513 g/mol. The zero-order valence-electron chi connectivity index (χ0n) is 20.2. The number of fused-ring (bicyclic) bond motifs is 1. The van der Waals surface area contributed by atoms with Crippen molar-refractivity contribution < 1.29 is 31.8 Å². The van der Waals surface area contributed by atoms with Gasteiger partial charge in [0.25, 0.3) is 5.91 Å². The molecule has 0 aliphatic carbocycles. The summed E-state index contributed by atoms with van der Waals surface area (Å²) in [4.78, 5) is 16.6. The number of pyridine rings is 1. The third-order valence-electron chi connectivity index (χ3n) is 5.33. The molecule has 0 saturated carbocycles. The van der Waals surface area contributed by atoms with Gasteiger partial charge in [0.05, 0.1) is 30.1 Å². The molecule has 0 bridgehead atoms. The maximum absolute atomic E-state index is 14.5. The van der Waals surface area contributed by atoms with Crippen molar-refractivity contribution in [2.45, 2.75) is 45.0 Å². The topological polar surface area (TPSA) is 78.3 Å². The van der Waals surface area contributed by atoms with Crippen molar-refractivity contribution in [2.24, 2.45) is 0 Å². The smallest absolute Gasteiger partial charge is 0.393 e. The Morgan fingerprint density at radius 3 is 2.51 bits per heavy atom. The Morgan fingerprint density at radius 1 is 1.20 bits per heavy atom. The molecule has 190 valence electrons. The fourth-order valence-corrected chi connectivity index (χ4v) is 4.24. The summed E-state index contributed by atoms with van der Waals surface area (Å²) in [5.74, 6) is -1.56. The summed E-state index contributed by atoms with van der Waals surface area (Å²) in [7, 11) is 1.32. The van der Waals surface area contributed by atoms with Crippen LogP contribution in [0.5, 0.6) is 5.75 Å². The molecule has 0 fully saturated rings. The second kappa shape index (κ2) is 10.3. The Kier molecular flexibility index (Phi) is 7.85. The first-order valence-electron chi connectivity index (χ1n) is 10.9. The molecule has 0 aliphatic heterocycles. The van der Waals surface area contributed by atoms with Gasteiger partial charge in [-0.15, -0.1) is 0 Å². The third kappa shape index (κ3) is 6.57. The summed E-state index contributed by atoms with van der Waals surface area (Å²) in [5.41, 5.74) is 0.413. The summed E-state index contributed by atoms with van der Waals surface area (Å²) < 4.78 is 66.3. The summed E-state index contributed by atoms with van der Waals surface area (Å²) >= 11 is 0. The van der Waals surface area contributed by atoms with E-state index in [9.17, 15) is 22.4 Å². The summed E-state index contributed by atoms with van der Waals surface area (Å²) in [5, 5.41) is 7.24. The van der Waals surface area contributed by atoms with Crippen LogP contribution in [0.2, 0.25) is 25.7 Å². The number of carbonyl (C=O) groups excluding carboxylic acids is 1. The van der Waals surface area contributed by atoms with E-state index in [1.165, 1.54) is 31.1 Å². The number of methoxy groups -OCH3 is 1. The number of nitrogens with one attached hydrogen (secondary N) is 1. The lowest BCUT2D eigenvalue weighted by Crippen LogP contribution is -2.22. The average Bonchev–Trinajstić information content (AvgIpc) is 3.13. The van der Waals surface area contributed by atoms with Crippen LogP contribution in [0.4, 0.5) is 17.6 Å². The predicted molar refractivity (Wildman–Crippen MR) is 127 cm³/mol. The zero-order valence-corrected chi connectivity index (χ0v) is 21.2. The molecular formula is C23H28F4N4O3Si. The molecule has 0 saturated heterocycles. The molecular weight excluding hydrogens is 484 g/mol. The minimum Gasteiger partial charge on any atom is -0.494 e. The van der Waals surface area contributed by atoms with E-state index >= 15 is 0 Å². The van der Waals surface area contributed by atoms with Gasteiger partial charge < -0.3 is 14.8 Å². The highest BCUT2D eigenvalue weighted by Crippen LogP contribution is 2.34. The van der Waals surface area contributed by atoms with Crippen molar-refractivity contribution in [3.05, 3.63) is 41.5 Å². The fraction of sp³-hybridized carbons (Fsp3) is 0.435. The van der Waals surface area contributed by atoms with Crippen LogP contribution in [-0.4, -0.2) is 55.7 Å². The van der Waals surface area contributed by atoms with Gasteiger partial charge in [0, 0.05) is 33.5 Å². The van der Waals surface area contributed by atoms with Crippen LogP contribution >= 0.6 is 0 Å². The van der Waals surface area contributed by atoms with Gasteiger partial charge in [0.15, 0.2) is 17.3 Å². The number of halogens is 4. The summed E-state index contributed by atoms with van der Waals surface area (Å²) in [6, 6.07) is 4.40. The van der Waals surface area contributed by atoms with Crippen LogP contribution in [0.3, 0.4) is 0 Å². The fourth-order valence-electron chi connectivity index (χ4n) is 3.48. The van der Waals surface area contributed by atoms with E-state index in [2.05, 4.69) is 35.0 Å². The van der Waals surface area contributed by atoms with Crippen molar-refractivity contribution in [1.29, 1.82) is 0 Å². The number of carbonyl (C=O) groups is 1. The highest BCUT2D eigenvalue weighted by Gasteiger charge is 2.30. The number of aromatic nitrogens is 3. The van der Waals surface area contributed by atoms with E-state index in [4.69, 9.17) is 9.47 Å². The molecule has 0 atom stereocenters.